The van der Waals surface area contributed by atoms with Crippen molar-refractivity contribution in [3.8, 4) is 0 Å². The van der Waals surface area contributed by atoms with Gasteiger partial charge in [-0.3, -0.25) is 0 Å². The largest absolute Gasteiger partial charge is 0.310 e. The maximum atomic E-state index is 12.4. The van der Waals surface area contributed by atoms with Crippen LogP contribution < -0.4 is 5.32 Å². The molecule has 1 aromatic rings. The Morgan fingerprint density at radius 1 is 1.29 bits per heavy atom. The first-order valence-corrected chi connectivity index (χ1v) is 8.96. The molecule has 5 nitrogen and oxygen atoms in total. The minimum atomic E-state index is -3.47. The second kappa shape index (κ2) is 8.46. The van der Waals surface area contributed by atoms with Gasteiger partial charge in [0.05, 0.1) is 0 Å². The molecule has 0 fully saturated rings. The van der Waals surface area contributed by atoms with Crippen molar-refractivity contribution >= 4 is 10.0 Å². The van der Waals surface area contributed by atoms with Gasteiger partial charge in [-0.1, -0.05) is 39.7 Å². The Morgan fingerprint density at radius 2 is 2.00 bits per heavy atom. The van der Waals surface area contributed by atoms with Gasteiger partial charge in [-0.05, 0) is 18.1 Å². The van der Waals surface area contributed by atoms with Crippen LogP contribution in [0.1, 0.15) is 45.6 Å². The van der Waals surface area contributed by atoms with Crippen molar-refractivity contribution in [1.82, 2.24) is 14.6 Å². The van der Waals surface area contributed by atoms with Gasteiger partial charge in [0.1, 0.15) is 0 Å². The van der Waals surface area contributed by atoms with E-state index in [4.69, 9.17) is 0 Å². The lowest BCUT2D eigenvalue weighted by Gasteiger charge is -2.16. The lowest BCUT2D eigenvalue weighted by atomic mass is 10.2. The van der Waals surface area contributed by atoms with Gasteiger partial charge in [-0.25, -0.2) is 13.4 Å². The molecule has 6 heteroatoms. The highest BCUT2D eigenvalue weighted by molar-refractivity contribution is 7.89. The van der Waals surface area contributed by atoms with Crippen LogP contribution in [0.3, 0.4) is 0 Å². The average molecular weight is 313 g/mol. The lowest BCUT2D eigenvalue weighted by Crippen LogP contribution is -2.28. The minimum Gasteiger partial charge on any atom is -0.310 e. The minimum absolute atomic E-state index is 0.120. The van der Waals surface area contributed by atoms with Gasteiger partial charge in [0, 0.05) is 32.4 Å². The zero-order chi connectivity index (χ0) is 15.9. The Bertz CT molecular complexity index is 512. The maximum absolute atomic E-state index is 12.4. The quantitative estimate of drug-likeness (QED) is 0.711. The first kappa shape index (κ1) is 18.1. The van der Waals surface area contributed by atoms with E-state index in [-0.39, 0.29) is 5.03 Å². The Kier molecular flexibility index (Phi) is 7.28. The first-order valence-electron chi connectivity index (χ1n) is 7.52. The fraction of sp³-hybridized carbons (Fsp3) is 0.667. The number of hydrogen-bond donors (Lipinski definition) is 1. The number of rotatable bonds is 9. The second-order valence-electron chi connectivity index (χ2n) is 5.57. The SMILES string of the molecule is CCCCCN(C)S(=O)(=O)c1ccc(CNC(C)C)cn1. The summed E-state index contributed by atoms with van der Waals surface area (Å²) in [6, 6.07) is 3.79. The molecule has 0 saturated heterocycles. The van der Waals surface area contributed by atoms with E-state index >= 15 is 0 Å². The molecule has 0 atom stereocenters. The third-order valence-electron chi connectivity index (χ3n) is 3.26. The van der Waals surface area contributed by atoms with E-state index in [0.717, 1.165) is 24.8 Å². The van der Waals surface area contributed by atoms with Crippen LogP contribution in [0.15, 0.2) is 23.4 Å². The molecular formula is C15H27N3O2S. The molecule has 0 bridgehead atoms. The fourth-order valence-electron chi connectivity index (χ4n) is 1.85. The van der Waals surface area contributed by atoms with Crippen LogP contribution in [0, 0.1) is 0 Å². The van der Waals surface area contributed by atoms with Crippen molar-refractivity contribution in [3.63, 3.8) is 0 Å². The zero-order valence-electron chi connectivity index (χ0n) is 13.5. The fourth-order valence-corrected chi connectivity index (χ4v) is 2.97. The van der Waals surface area contributed by atoms with Gasteiger partial charge in [-0.15, -0.1) is 0 Å². The molecule has 120 valence electrons. The van der Waals surface area contributed by atoms with E-state index in [1.165, 1.54) is 4.31 Å². The van der Waals surface area contributed by atoms with Crippen molar-refractivity contribution < 1.29 is 8.42 Å². The Hall–Kier alpha value is -0.980. The molecule has 1 aromatic heterocycles. The smallest absolute Gasteiger partial charge is 0.260 e. The number of nitrogens with zero attached hydrogens (tertiary/aromatic N) is 2. The van der Waals surface area contributed by atoms with E-state index in [9.17, 15) is 8.42 Å². The highest BCUT2D eigenvalue weighted by Gasteiger charge is 2.21. The van der Waals surface area contributed by atoms with Gasteiger partial charge in [-0.2, -0.15) is 4.31 Å². The summed E-state index contributed by atoms with van der Waals surface area (Å²) in [4.78, 5) is 4.11. The van der Waals surface area contributed by atoms with E-state index in [1.807, 2.05) is 6.07 Å². The van der Waals surface area contributed by atoms with Gasteiger partial charge in [0.25, 0.3) is 10.0 Å². The van der Waals surface area contributed by atoms with E-state index < -0.39 is 10.0 Å². The molecule has 1 N–H and O–H groups in total. The number of pyridine rings is 1. The van der Waals surface area contributed by atoms with Gasteiger partial charge in [0.15, 0.2) is 5.03 Å². The van der Waals surface area contributed by atoms with Crippen LogP contribution in [0.2, 0.25) is 0 Å². The summed E-state index contributed by atoms with van der Waals surface area (Å²) in [5.41, 5.74) is 0.983. The normalized spacial score (nSPS) is 12.3. The van der Waals surface area contributed by atoms with Crippen LogP contribution in [0.4, 0.5) is 0 Å². The molecule has 0 aliphatic rings. The van der Waals surface area contributed by atoms with Crippen molar-refractivity contribution in [2.75, 3.05) is 13.6 Å². The third kappa shape index (κ3) is 5.73. The molecule has 0 spiro atoms. The molecule has 0 aliphatic carbocycles. The summed E-state index contributed by atoms with van der Waals surface area (Å²) in [7, 11) is -1.85. The molecule has 1 rings (SSSR count). The van der Waals surface area contributed by atoms with Crippen LogP contribution in [0.5, 0.6) is 0 Å². The molecule has 21 heavy (non-hydrogen) atoms. The highest BCUT2D eigenvalue weighted by Crippen LogP contribution is 2.13. The summed E-state index contributed by atoms with van der Waals surface area (Å²) in [6.45, 7) is 7.46. The van der Waals surface area contributed by atoms with Crippen LogP contribution in [-0.4, -0.2) is 37.3 Å². The van der Waals surface area contributed by atoms with Gasteiger partial charge >= 0.3 is 0 Å². The van der Waals surface area contributed by atoms with E-state index in [2.05, 4.69) is 31.1 Å². The standard InChI is InChI=1S/C15H27N3O2S/c1-5-6-7-10-18(4)21(19,20)15-9-8-14(12-17-15)11-16-13(2)3/h8-9,12-13,16H,5-7,10-11H2,1-4H3. The van der Waals surface area contributed by atoms with Crippen molar-refractivity contribution in [1.29, 1.82) is 0 Å². The topological polar surface area (TPSA) is 62.3 Å². The summed E-state index contributed by atoms with van der Waals surface area (Å²) < 4.78 is 26.1. The van der Waals surface area contributed by atoms with Crippen LogP contribution in [-0.2, 0) is 16.6 Å². The summed E-state index contributed by atoms with van der Waals surface area (Å²) in [5.74, 6) is 0. The number of unbranched alkanes of at least 4 members (excludes halogenated alkanes) is 2. The molecule has 1 heterocycles. The van der Waals surface area contributed by atoms with Crippen molar-refractivity contribution in [3.05, 3.63) is 23.9 Å². The molecule has 0 unspecified atom stereocenters. The zero-order valence-corrected chi connectivity index (χ0v) is 14.3. The molecule has 0 aromatic carbocycles. The Morgan fingerprint density at radius 3 is 2.52 bits per heavy atom. The van der Waals surface area contributed by atoms with Crippen molar-refractivity contribution in [2.24, 2.45) is 0 Å². The van der Waals surface area contributed by atoms with Crippen LogP contribution in [0.25, 0.3) is 0 Å². The summed E-state index contributed by atoms with van der Waals surface area (Å²) >= 11 is 0. The van der Waals surface area contributed by atoms with E-state index in [0.29, 0.717) is 19.1 Å². The molecule has 0 amide bonds. The maximum Gasteiger partial charge on any atom is 0.260 e. The molecule has 0 saturated carbocycles. The first-order chi connectivity index (χ1) is 9.87. The predicted molar refractivity (Wildman–Crippen MR) is 85.6 cm³/mol. The molecular weight excluding hydrogens is 286 g/mol. The Balaban J connectivity index is 2.70. The van der Waals surface area contributed by atoms with Crippen molar-refractivity contribution in [2.45, 2.75) is 57.6 Å². The predicted octanol–water partition coefficient (Wildman–Crippen LogP) is 2.39. The van der Waals surface area contributed by atoms with Gasteiger partial charge in [0.2, 0.25) is 0 Å². The third-order valence-corrected chi connectivity index (χ3v) is 5.04. The van der Waals surface area contributed by atoms with E-state index in [1.54, 1.807) is 19.3 Å². The number of hydrogen-bond acceptors (Lipinski definition) is 4. The number of aromatic nitrogens is 1. The highest BCUT2D eigenvalue weighted by atomic mass is 32.2. The van der Waals surface area contributed by atoms with Crippen LogP contribution >= 0.6 is 0 Å². The molecule has 0 radical (unpaired) electrons. The summed E-state index contributed by atoms with van der Waals surface area (Å²) in [5, 5.41) is 3.40. The number of nitrogens with one attached hydrogen (secondary N) is 1. The van der Waals surface area contributed by atoms with Gasteiger partial charge < -0.3 is 5.32 Å². The Labute approximate surface area is 128 Å². The number of sulfonamides is 1. The second-order valence-corrected chi connectivity index (χ2v) is 7.57. The lowest BCUT2D eigenvalue weighted by molar-refractivity contribution is 0.452. The monoisotopic (exact) mass is 313 g/mol. The molecule has 0 aliphatic heterocycles. The summed E-state index contributed by atoms with van der Waals surface area (Å²) in [6.07, 6.45) is 4.61. The average Bonchev–Trinajstić information content (AvgIpc) is 2.45.